The zero-order valence-electron chi connectivity index (χ0n) is 19.2. The van der Waals surface area contributed by atoms with Crippen LogP contribution in [0.3, 0.4) is 0 Å². The number of fused-ring (bicyclic) bond motifs is 2. The van der Waals surface area contributed by atoms with Crippen molar-refractivity contribution in [1.82, 2.24) is 14.5 Å². The first-order valence-corrected chi connectivity index (χ1v) is 13.1. The molecule has 1 saturated heterocycles. The predicted molar refractivity (Wildman–Crippen MR) is 133 cm³/mol. The Balaban J connectivity index is 0.00000274. The molecule has 0 bridgehead atoms. The summed E-state index contributed by atoms with van der Waals surface area (Å²) in [4.78, 5) is 13.1. The summed E-state index contributed by atoms with van der Waals surface area (Å²) in [6.45, 7) is 2.72. The van der Waals surface area contributed by atoms with E-state index in [1.54, 1.807) is 24.9 Å². The molecule has 3 aliphatic rings. The second-order valence-corrected chi connectivity index (χ2v) is 10.8. The van der Waals surface area contributed by atoms with Gasteiger partial charge in [0, 0.05) is 32.1 Å². The zero-order chi connectivity index (χ0) is 23.2. The normalized spacial score (nSPS) is 17.6. The fourth-order valence-electron chi connectivity index (χ4n) is 5.52. The molecule has 2 aromatic rings. The standard InChI is InChI=1S/C23H31N5O4S.Na.H/c1-15-21(14-27(2)25-15)28(18-9-11-32-12-10-18)33(30,31)26-23(29)24-22-19-7-3-5-16(19)13-17-6-4-8-20(17)22;;/h13-14,18H,3-12H2,1-2H3,(H2,24,26,29);;. The third kappa shape index (κ3) is 4.88. The van der Waals surface area contributed by atoms with Crippen LogP contribution in [0.1, 0.15) is 53.6 Å². The van der Waals surface area contributed by atoms with Crippen LogP contribution in [0.25, 0.3) is 0 Å². The van der Waals surface area contributed by atoms with Gasteiger partial charge in [-0.15, -0.1) is 0 Å². The molecule has 5 rings (SSSR count). The third-order valence-electron chi connectivity index (χ3n) is 6.94. The van der Waals surface area contributed by atoms with E-state index in [1.807, 2.05) is 0 Å². The molecule has 11 heteroatoms. The van der Waals surface area contributed by atoms with Crippen molar-refractivity contribution in [3.8, 4) is 0 Å². The van der Waals surface area contributed by atoms with Crippen LogP contribution >= 0.6 is 0 Å². The molecule has 180 valence electrons. The van der Waals surface area contributed by atoms with Gasteiger partial charge in [0.15, 0.2) is 0 Å². The van der Waals surface area contributed by atoms with Crippen LogP contribution < -0.4 is 14.3 Å². The molecule has 1 aliphatic heterocycles. The van der Waals surface area contributed by atoms with Crippen molar-refractivity contribution in [2.24, 2.45) is 7.05 Å². The third-order valence-corrected chi connectivity index (χ3v) is 8.40. The van der Waals surface area contributed by atoms with E-state index in [0.717, 1.165) is 55.3 Å². The van der Waals surface area contributed by atoms with Gasteiger partial charge in [0.25, 0.3) is 0 Å². The second kappa shape index (κ2) is 10.2. The number of carbonyl (C=O) groups excluding carboxylic acids is 1. The topological polar surface area (TPSA) is 106 Å². The van der Waals surface area contributed by atoms with Crippen LogP contribution in [0.15, 0.2) is 12.3 Å². The monoisotopic (exact) mass is 497 g/mol. The van der Waals surface area contributed by atoms with Crippen LogP contribution in [0, 0.1) is 6.92 Å². The van der Waals surface area contributed by atoms with Crippen molar-refractivity contribution in [3.63, 3.8) is 0 Å². The summed E-state index contributed by atoms with van der Waals surface area (Å²) in [5.41, 5.74) is 6.77. The first kappa shape index (κ1) is 25.5. The average Bonchev–Trinajstić information content (AvgIpc) is 3.48. The number of rotatable bonds is 5. The molecular formula is C23H32N5NaO4S. The Bertz CT molecular complexity index is 1160. The van der Waals surface area contributed by atoms with Crippen LogP contribution in [0.4, 0.5) is 16.2 Å². The number of amides is 2. The van der Waals surface area contributed by atoms with Gasteiger partial charge in [-0.25, -0.2) is 13.8 Å². The number of carbonyl (C=O) groups is 1. The molecule has 2 aliphatic carbocycles. The number of aromatic nitrogens is 2. The minimum atomic E-state index is -4.17. The van der Waals surface area contributed by atoms with E-state index in [1.165, 1.54) is 15.4 Å². The molecule has 0 radical (unpaired) electrons. The number of aryl methyl sites for hydroxylation is 4. The molecule has 2 N–H and O–H groups in total. The average molecular weight is 498 g/mol. The Morgan fingerprint density at radius 1 is 1.12 bits per heavy atom. The van der Waals surface area contributed by atoms with Crippen molar-refractivity contribution in [2.75, 3.05) is 22.8 Å². The van der Waals surface area contributed by atoms with Gasteiger partial charge >= 0.3 is 45.8 Å². The van der Waals surface area contributed by atoms with E-state index >= 15 is 0 Å². The van der Waals surface area contributed by atoms with Gasteiger partial charge in [-0.3, -0.25) is 4.68 Å². The van der Waals surface area contributed by atoms with E-state index in [2.05, 4.69) is 21.2 Å². The Labute approximate surface area is 223 Å². The van der Waals surface area contributed by atoms with Crippen LogP contribution in [-0.2, 0) is 47.7 Å². The minimum absolute atomic E-state index is 0. The number of hydrogen-bond donors (Lipinski definition) is 2. The Kier molecular flexibility index (Phi) is 7.64. The fourth-order valence-corrected chi connectivity index (χ4v) is 6.94. The van der Waals surface area contributed by atoms with Crippen molar-refractivity contribution in [3.05, 3.63) is 40.2 Å². The molecule has 1 aromatic heterocycles. The van der Waals surface area contributed by atoms with Crippen molar-refractivity contribution >= 4 is 57.2 Å². The number of anilines is 2. The van der Waals surface area contributed by atoms with E-state index in [9.17, 15) is 13.2 Å². The van der Waals surface area contributed by atoms with Gasteiger partial charge in [0.05, 0.1) is 17.4 Å². The molecule has 1 fully saturated rings. The maximum absolute atomic E-state index is 13.5. The molecule has 1 aromatic carbocycles. The molecule has 2 amide bonds. The number of ether oxygens (including phenoxy) is 1. The predicted octanol–water partition coefficient (Wildman–Crippen LogP) is 2.11. The SMILES string of the molecule is Cc1nn(C)cc1N(C1CCOCC1)S(=O)(=O)NC(=O)Nc1c2c(cc3c1CCC3)CCC2.[NaH]. The van der Waals surface area contributed by atoms with Gasteiger partial charge in [-0.05, 0) is 80.5 Å². The van der Waals surface area contributed by atoms with Crippen molar-refractivity contribution < 1.29 is 17.9 Å². The summed E-state index contributed by atoms with van der Waals surface area (Å²) in [5.74, 6) is 0. The summed E-state index contributed by atoms with van der Waals surface area (Å²) in [6.07, 6.45) is 8.74. The van der Waals surface area contributed by atoms with Gasteiger partial charge in [0.2, 0.25) is 0 Å². The Morgan fingerprint density at radius 3 is 2.29 bits per heavy atom. The number of benzene rings is 1. The number of nitrogens with zero attached hydrogens (tertiary/aromatic N) is 3. The summed E-state index contributed by atoms with van der Waals surface area (Å²) in [6, 6.07) is 1.25. The van der Waals surface area contributed by atoms with Gasteiger partial charge in [0.1, 0.15) is 0 Å². The maximum atomic E-state index is 13.5. The first-order chi connectivity index (χ1) is 15.8. The van der Waals surface area contributed by atoms with Gasteiger partial charge in [-0.1, -0.05) is 6.07 Å². The number of nitrogens with one attached hydrogen (secondary N) is 2. The molecule has 0 unspecified atom stereocenters. The van der Waals surface area contributed by atoms with E-state index < -0.39 is 16.2 Å². The molecule has 2 heterocycles. The van der Waals surface area contributed by atoms with Crippen LogP contribution in [-0.4, -0.2) is 73.0 Å². The van der Waals surface area contributed by atoms with Crippen LogP contribution in [0.5, 0.6) is 0 Å². The Hall–Kier alpha value is -1.59. The summed E-state index contributed by atoms with van der Waals surface area (Å²) in [7, 11) is -2.42. The molecule has 0 spiro atoms. The second-order valence-electron chi connectivity index (χ2n) is 9.21. The van der Waals surface area contributed by atoms with E-state index in [0.29, 0.717) is 37.4 Å². The molecular weight excluding hydrogens is 465 g/mol. The van der Waals surface area contributed by atoms with Gasteiger partial charge < -0.3 is 10.1 Å². The molecule has 9 nitrogen and oxygen atoms in total. The molecule has 34 heavy (non-hydrogen) atoms. The summed E-state index contributed by atoms with van der Waals surface area (Å²) in [5, 5.41) is 7.24. The van der Waals surface area contributed by atoms with E-state index in [4.69, 9.17) is 4.74 Å². The van der Waals surface area contributed by atoms with Crippen LogP contribution in [0.2, 0.25) is 0 Å². The number of hydrogen-bond acceptors (Lipinski definition) is 5. The zero-order valence-corrected chi connectivity index (χ0v) is 20.0. The Morgan fingerprint density at radius 2 is 1.74 bits per heavy atom. The quantitative estimate of drug-likeness (QED) is 0.616. The molecule has 0 saturated carbocycles. The number of urea groups is 1. The summed E-state index contributed by atoms with van der Waals surface area (Å²) >= 11 is 0. The van der Waals surface area contributed by atoms with Gasteiger partial charge in [-0.2, -0.15) is 13.5 Å². The van der Waals surface area contributed by atoms with E-state index in [-0.39, 0.29) is 35.6 Å². The summed E-state index contributed by atoms with van der Waals surface area (Å²) < 4.78 is 37.7. The first-order valence-electron chi connectivity index (χ1n) is 11.7. The van der Waals surface area contributed by atoms with Crippen molar-refractivity contribution in [1.29, 1.82) is 0 Å². The van der Waals surface area contributed by atoms with Crippen molar-refractivity contribution in [2.45, 2.75) is 64.3 Å². The molecule has 0 atom stereocenters. The fraction of sp³-hybridized carbons (Fsp3) is 0.565.